The molecule has 112 valence electrons. The van der Waals surface area contributed by atoms with Crippen molar-refractivity contribution in [3.8, 4) is 0 Å². The van der Waals surface area contributed by atoms with E-state index < -0.39 is 15.8 Å². The van der Waals surface area contributed by atoms with Gasteiger partial charge in [-0.3, -0.25) is 0 Å². The number of sulfonamides is 1. The van der Waals surface area contributed by atoms with E-state index in [0.29, 0.717) is 31.7 Å². The van der Waals surface area contributed by atoms with E-state index >= 15 is 0 Å². The van der Waals surface area contributed by atoms with E-state index in [1.165, 1.54) is 12.1 Å². The molecule has 1 aromatic carbocycles. The predicted octanol–water partition coefficient (Wildman–Crippen LogP) is 1.00. The van der Waals surface area contributed by atoms with Gasteiger partial charge in [0.15, 0.2) is 0 Å². The third-order valence-electron chi connectivity index (χ3n) is 3.15. The van der Waals surface area contributed by atoms with Crippen molar-refractivity contribution in [2.75, 3.05) is 20.3 Å². The zero-order valence-electron chi connectivity index (χ0n) is 11.4. The molecule has 1 aromatic rings. The third-order valence-corrected chi connectivity index (χ3v) is 4.70. The summed E-state index contributed by atoms with van der Waals surface area (Å²) in [6, 6.07) is 3.85. The van der Waals surface area contributed by atoms with E-state index in [1.807, 2.05) is 0 Å². The lowest BCUT2D eigenvalue weighted by Crippen LogP contribution is -2.40. The second-order valence-corrected chi connectivity index (χ2v) is 6.51. The van der Waals surface area contributed by atoms with Gasteiger partial charge in [-0.2, -0.15) is 0 Å². The van der Waals surface area contributed by atoms with Crippen molar-refractivity contribution >= 4 is 10.0 Å². The molecule has 0 radical (unpaired) electrons. The Kier molecular flexibility index (Phi) is 5.09. The number of benzene rings is 1. The molecule has 7 heteroatoms. The van der Waals surface area contributed by atoms with Gasteiger partial charge in [-0.1, -0.05) is 6.07 Å². The Morgan fingerprint density at radius 3 is 2.85 bits per heavy atom. The summed E-state index contributed by atoms with van der Waals surface area (Å²) in [5, 5.41) is 2.89. The Morgan fingerprint density at radius 1 is 1.45 bits per heavy atom. The average molecular weight is 302 g/mol. The standard InChI is InChI=1S/C13H19FN2O3S/c1-15-8-10-4-5-13(12(14)7-10)20(17,18)16-11-3-2-6-19-9-11/h4-5,7,11,15-16H,2-3,6,8-9H2,1H3. The molecule has 1 unspecified atom stereocenters. The lowest BCUT2D eigenvalue weighted by Gasteiger charge is -2.23. The van der Waals surface area contributed by atoms with Crippen LogP contribution in [0.3, 0.4) is 0 Å². The highest BCUT2D eigenvalue weighted by Crippen LogP contribution is 2.18. The first-order valence-corrected chi connectivity index (χ1v) is 8.04. The minimum atomic E-state index is -3.85. The van der Waals surface area contributed by atoms with E-state index in [-0.39, 0.29) is 10.9 Å². The van der Waals surface area contributed by atoms with Gasteiger partial charge in [0.1, 0.15) is 10.7 Å². The zero-order chi connectivity index (χ0) is 14.6. The lowest BCUT2D eigenvalue weighted by molar-refractivity contribution is 0.0774. The molecule has 20 heavy (non-hydrogen) atoms. The first-order valence-electron chi connectivity index (χ1n) is 6.56. The smallest absolute Gasteiger partial charge is 0.243 e. The molecule has 0 bridgehead atoms. The fourth-order valence-electron chi connectivity index (χ4n) is 2.19. The van der Waals surface area contributed by atoms with Crippen LogP contribution < -0.4 is 10.0 Å². The molecule has 1 aliphatic rings. The maximum absolute atomic E-state index is 13.9. The highest BCUT2D eigenvalue weighted by Gasteiger charge is 2.24. The van der Waals surface area contributed by atoms with Gasteiger partial charge in [-0.25, -0.2) is 17.5 Å². The number of ether oxygens (including phenoxy) is 1. The zero-order valence-corrected chi connectivity index (χ0v) is 12.2. The van der Waals surface area contributed by atoms with Crippen molar-refractivity contribution in [3.63, 3.8) is 0 Å². The molecule has 0 amide bonds. The average Bonchev–Trinajstić information content (AvgIpc) is 2.39. The Hall–Kier alpha value is -1.02. The monoisotopic (exact) mass is 302 g/mol. The second kappa shape index (κ2) is 6.62. The molecule has 1 heterocycles. The van der Waals surface area contributed by atoms with Crippen LogP contribution in [0.1, 0.15) is 18.4 Å². The van der Waals surface area contributed by atoms with Gasteiger partial charge in [-0.15, -0.1) is 0 Å². The molecular formula is C13H19FN2O3S. The van der Waals surface area contributed by atoms with Gasteiger partial charge in [0.2, 0.25) is 10.0 Å². The number of hydrogen-bond donors (Lipinski definition) is 2. The third kappa shape index (κ3) is 3.76. The molecule has 0 aliphatic carbocycles. The van der Waals surface area contributed by atoms with Gasteiger partial charge < -0.3 is 10.1 Å². The first kappa shape index (κ1) is 15.4. The van der Waals surface area contributed by atoms with Crippen LogP contribution in [0.4, 0.5) is 4.39 Å². The number of hydrogen-bond acceptors (Lipinski definition) is 4. The summed E-state index contributed by atoms with van der Waals surface area (Å²) in [5.41, 5.74) is 0.699. The molecule has 1 saturated heterocycles. The normalized spacial score (nSPS) is 20.0. The van der Waals surface area contributed by atoms with E-state index in [0.717, 1.165) is 6.42 Å². The summed E-state index contributed by atoms with van der Waals surface area (Å²) in [4.78, 5) is -0.317. The molecular weight excluding hydrogens is 283 g/mol. The van der Waals surface area contributed by atoms with E-state index in [9.17, 15) is 12.8 Å². The Morgan fingerprint density at radius 2 is 2.25 bits per heavy atom. The topological polar surface area (TPSA) is 67.4 Å². The van der Waals surface area contributed by atoms with Gasteiger partial charge in [-0.05, 0) is 37.6 Å². The van der Waals surface area contributed by atoms with E-state index in [4.69, 9.17) is 4.74 Å². The summed E-state index contributed by atoms with van der Waals surface area (Å²) < 4.78 is 46.0. The maximum atomic E-state index is 13.9. The fraction of sp³-hybridized carbons (Fsp3) is 0.538. The summed E-state index contributed by atoms with van der Waals surface area (Å²) in [6.45, 7) is 1.46. The Bertz CT molecular complexity index is 557. The van der Waals surface area contributed by atoms with Crippen LogP contribution >= 0.6 is 0 Å². The van der Waals surface area contributed by atoms with Crippen LogP contribution in [0.5, 0.6) is 0 Å². The molecule has 1 atom stereocenters. The van der Waals surface area contributed by atoms with Crippen molar-refractivity contribution in [3.05, 3.63) is 29.6 Å². The highest BCUT2D eigenvalue weighted by atomic mass is 32.2. The SMILES string of the molecule is CNCc1ccc(S(=O)(=O)NC2CCCOC2)c(F)c1. The van der Waals surface area contributed by atoms with Crippen molar-refractivity contribution < 1.29 is 17.5 Å². The van der Waals surface area contributed by atoms with Crippen LogP contribution in [0.15, 0.2) is 23.1 Å². The Labute approximate surface area is 118 Å². The van der Waals surface area contributed by atoms with Gasteiger partial charge in [0.05, 0.1) is 6.61 Å². The molecule has 5 nitrogen and oxygen atoms in total. The lowest BCUT2D eigenvalue weighted by atomic mass is 10.1. The van der Waals surface area contributed by atoms with Gasteiger partial charge in [0.25, 0.3) is 0 Å². The number of nitrogens with one attached hydrogen (secondary N) is 2. The van der Waals surface area contributed by atoms with Gasteiger partial charge in [0, 0.05) is 19.2 Å². The van der Waals surface area contributed by atoms with E-state index in [1.54, 1.807) is 13.1 Å². The van der Waals surface area contributed by atoms with Crippen molar-refractivity contribution in [2.24, 2.45) is 0 Å². The van der Waals surface area contributed by atoms with Crippen LogP contribution in [-0.2, 0) is 21.3 Å². The van der Waals surface area contributed by atoms with Crippen molar-refractivity contribution in [1.82, 2.24) is 10.0 Å². The van der Waals surface area contributed by atoms with Crippen molar-refractivity contribution in [1.29, 1.82) is 0 Å². The fourth-order valence-corrected chi connectivity index (χ4v) is 3.51. The predicted molar refractivity (Wildman–Crippen MR) is 73.3 cm³/mol. The quantitative estimate of drug-likeness (QED) is 0.851. The number of halogens is 1. The molecule has 0 spiro atoms. The summed E-state index contributed by atoms with van der Waals surface area (Å²) in [7, 11) is -2.10. The maximum Gasteiger partial charge on any atom is 0.243 e. The summed E-state index contributed by atoms with van der Waals surface area (Å²) in [6.07, 6.45) is 1.51. The second-order valence-electron chi connectivity index (χ2n) is 4.83. The van der Waals surface area contributed by atoms with Crippen LogP contribution in [0.2, 0.25) is 0 Å². The van der Waals surface area contributed by atoms with Crippen molar-refractivity contribution in [2.45, 2.75) is 30.3 Å². The minimum Gasteiger partial charge on any atom is -0.380 e. The first-order chi connectivity index (χ1) is 9.53. The summed E-state index contributed by atoms with van der Waals surface area (Å²) in [5.74, 6) is -0.734. The number of rotatable bonds is 5. The van der Waals surface area contributed by atoms with Crippen LogP contribution in [0, 0.1) is 5.82 Å². The highest BCUT2D eigenvalue weighted by molar-refractivity contribution is 7.89. The van der Waals surface area contributed by atoms with Crippen LogP contribution in [-0.4, -0.2) is 34.7 Å². The molecule has 2 N–H and O–H groups in total. The largest absolute Gasteiger partial charge is 0.380 e. The molecule has 1 fully saturated rings. The molecule has 1 aliphatic heterocycles. The minimum absolute atomic E-state index is 0.287. The van der Waals surface area contributed by atoms with Gasteiger partial charge >= 0.3 is 0 Å². The molecule has 0 saturated carbocycles. The Balaban J connectivity index is 2.16. The van der Waals surface area contributed by atoms with Crippen LogP contribution in [0.25, 0.3) is 0 Å². The molecule has 0 aromatic heterocycles. The molecule has 2 rings (SSSR count). The van der Waals surface area contributed by atoms with E-state index in [2.05, 4.69) is 10.0 Å². The summed E-state index contributed by atoms with van der Waals surface area (Å²) >= 11 is 0.